The summed E-state index contributed by atoms with van der Waals surface area (Å²) in [7, 11) is 1.74. The molecule has 1 aliphatic heterocycles. The van der Waals surface area contributed by atoms with E-state index in [-0.39, 0.29) is 0 Å². The molecule has 24 heavy (non-hydrogen) atoms. The van der Waals surface area contributed by atoms with Gasteiger partial charge in [0.15, 0.2) is 0 Å². The van der Waals surface area contributed by atoms with E-state index in [1.54, 1.807) is 7.11 Å². The molecule has 0 radical (unpaired) electrons. The zero-order valence-corrected chi connectivity index (χ0v) is 14.7. The Morgan fingerprint density at radius 3 is 2.42 bits per heavy atom. The van der Waals surface area contributed by atoms with Gasteiger partial charge in [-0.1, -0.05) is 42.5 Å². The van der Waals surface area contributed by atoms with Crippen LogP contribution >= 0.6 is 0 Å². The first-order valence-electron chi connectivity index (χ1n) is 8.94. The van der Waals surface area contributed by atoms with Gasteiger partial charge in [-0.15, -0.1) is 0 Å². The van der Waals surface area contributed by atoms with Crippen LogP contribution in [0.15, 0.2) is 54.6 Å². The summed E-state index contributed by atoms with van der Waals surface area (Å²) in [6.45, 7) is 5.55. The van der Waals surface area contributed by atoms with Crippen LogP contribution < -0.4 is 10.1 Å². The van der Waals surface area contributed by atoms with Crippen LogP contribution in [0, 0.1) is 0 Å². The molecule has 3 nitrogen and oxygen atoms in total. The van der Waals surface area contributed by atoms with Gasteiger partial charge in [-0.25, -0.2) is 0 Å². The molecule has 3 heteroatoms. The van der Waals surface area contributed by atoms with Gasteiger partial charge in [-0.05, 0) is 56.1 Å². The van der Waals surface area contributed by atoms with Crippen LogP contribution in [0.1, 0.15) is 43.0 Å². The highest BCUT2D eigenvalue weighted by molar-refractivity contribution is 5.31. The third-order valence-electron chi connectivity index (χ3n) is 4.98. The van der Waals surface area contributed by atoms with Gasteiger partial charge in [0.05, 0.1) is 7.11 Å². The van der Waals surface area contributed by atoms with Crippen LogP contribution in [-0.4, -0.2) is 31.6 Å². The Morgan fingerprint density at radius 2 is 1.71 bits per heavy atom. The molecule has 0 amide bonds. The average Bonchev–Trinajstić information content (AvgIpc) is 3.17. The van der Waals surface area contributed by atoms with Crippen LogP contribution in [0.25, 0.3) is 0 Å². The number of rotatable bonds is 7. The molecule has 0 aliphatic carbocycles. The zero-order valence-electron chi connectivity index (χ0n) is 14.7. The Morgan fingerprint density at radius 1 is 1.00 bits per heavy atom. The van der Waals surface area contributed by atoms with E-state index in [1.807, 2.05) is 6.07 Å². The van der Waals surface area contributed by atoms with E-state index in [0.717, 1.165) is 12.3 Å². The number of nitrogens with one attached hydrogen (secondary N) is 1. The highest BCUT2D eigenvalue weighted by Crippen LogP contribution is 2.27. The van der Waals surface area contributed by atoms with E-state index < -0.39 is 0 Å². The maximum absolute atomic E-state index is 5.42. The normalized spacial score (nSPS) is 17.6. The highest BCUT2D eigenvalue weighted by atomic mass is 16.5. The molecule has 2 unspecified atom stereocenters. The summed E-state index contributed by atoms with van der Waals surface area (Å²) >= 11 is 0. The third kappa shape index (κ3) is 4.16. The molecule has 3 rings (SSSR count). The Kier molecular flexibility index (Phi) is 5.89. The Labute approximate surface area is 145 Å². The molecular weight excluding hydrogens is 296 g/mol. The minimum atomic E-state index is 0.349. The number of ether oxygens (including phenoxy) is 1. The zero-order chi connectivity index (χ0) is 16.8. The summed E-state index contributed by atoms with van der Waals surface area (Å²) in [5.41, 5.74) is 2.67. The molecule has 1 N–H and O–H groups in total. The van der Waals surface area contributed by atoms with Gasteiger partial charge in [-0.2, -0.15) is 0 Å². The van der Waals surface area contributed by atoms with Crippen molar-refractivity contribution in [2.75, 3.05) is 26.7 Å². The lowest BCUT2D eigenvalue weighted by Crippen LogP contribution is -2.35. The molecule has 0 bridgehead atoms. The van der Waals surface area contributed by atoms with E-state index in [2.05, 4.69) is 65.7 Å². The maximum Gasteiger partial charge on any atom is 0.119 e. The first kappa shape index (κ1) is 17.0. The van der Waals surface area contributed by atoms with Gasteiger partial charge < -0.3 is 10.1 Å². The molecule has 1 aliphatic rings. The molecule has 2 aromatic carbocycles. The van der Waals surface area contributed by atoms with E-state index in [9.17, 15) is 0 Å². The Bertz CT molecular complexity index is 623. The van der Waals surface area contributed by atoms with Gasteiger partial charge >= 0.3 is 0 Å². The molecule has 2 atom stereocenters. The second kappa shape index (κ2) is 8.32. The lowest BCUT2D eigenvalue weighted by molar-refractivity contribution is 0.233. The summed E-state index contributed by atoms with van der Waals surface area (Å²) in [6, 6.07) is 19.9. The molecule has 0 saturated carbocycles. The summed E-state index contributed by atoms with van der Waals surface area (Å²) in [5, 5.41) is 3.73. The van der Waals surface area contributed by atoms with Gasteiger partial charge in [-0.3, -0.25) is 4.90 Å². The minimum absolute atomic E-state index is 0.349. The molecule has 128 valence electrons. The summed E-state index contributed by atoms with van der Waals surface area (Å²) in [4.78, 5) is 2.60. The van der Waals surface area contributed by atoms with Gasteiger partial charge in [0.2, 0.25) is 0 Å². The first-order chi connectivity index (χ1) is 11.8. The van der Waals surface area contributed by atoms with Crippen LogP contribution in [0.5, 0.6) is 5.75 Å². The summed E-state index contributed by atoms with van der Waals surface area (Å²) < 4.78 is 5.42. The molecule has 1 fully saturated rings. The second-order valence-electron chi connectivity index (χ2n) is 6.58. The maximum atomic E-state index is 5.42. The van der Waals surface area contributed by atoms with E-state index in [0.29, 0.717) is 12.1 Å². The molecule has 1 saturated heterocycles. The van der Waals surface area contributed by atoms with Crippen molar-refractivity contribution in [2.24, 2.45) is 0 Å². The van der Waals surface area contributed by atoms with Crippen LogP contribution in [-0.2, 0) is 0 Å². The van der Waals surface area contributed by atoms with Crippen LogP contribution in [0.3, 0.4) is 0 Å². The van der Waals surface area contributed by atoms with Crippen molar-refractivity contribution < 1.29 is 4.74 Å². The lowest BCUT2D eigenvalue weighted by atomic mass is 10.0. The van der Waals surface area contributed by atoms with Crippen molar-refractivity contribution in [2.45, 2.75) is 31.8 Å². The Balaban J connectivity index is 1.72. The number of hydrogen-bond acceptors (Lipinski definition) is 3. The predicted molar refractivity (Wildman–Crippen MR) is 99.4 cm³/mol. The monoisotopic (exact) mass is 324 g/mol. The molecule has 0 aromatic heterocycles. The largest absolute Gasteiger partial charge is 0.497 e. The van der Waals surface area contributed by atoms with E-state index >= 15 is 0 Å². The molecule has 1 heterocycles. The van der Waals surface area contributed by atoms with Crippen molar-refractivity contribution in [3.05, 3.63) is 65.7 Å². The second-order valence-corrected chi connectivity index (χ2v) is 6.58. The Hall–Kier alpha value is -1.84. The average molecular weight is 324 g/mol. The molecular formula is C21H28N2O. The van der Waals surface area contributed by atoms with Crippen molar-refractivity contribution in [1.82, 2.24) is 10.2 Å². The lowest BCUT2D eigenvalue weighted by Gasteiger charge is -2.30. The summed E-state index contributed by atoms with van der Waals surface area (Å²) in [5.74, 6) is 0.938. The standard InChI is InChI=1S/C21H28N2O/c1-17(18-9-4-3-5-10-18)22-16-21(23-13-6-7-14-23)19-11-8-12-20(15-19)24-2/h3-5,8-12,15,17,21-22H,6-7,13-14,16H2,1-2H3. The van der Waals surface area contributed by atoms with Crippen LogP contribution in [0.2, 0.25) is 0 Å². The fraction of sp³-hybridized carbons (Fsp3) is 0.429. The predicted octanol–water partition coefficient (Wildman–Crippen LogP) is 4.18. The van der Waals surface area contributed by atoms with Gasteiger partial charge in [0, 0.05) is 18.6 Å². The van der Waals surface area contributed by atoms with E-state index in [4.69, 9.17) is 4.74 Å². The number of hydrogen-bond donors (Lipinski definition) is 1. The summed E-state index contributed by atoms with van der Waals surface area (Å²) in [6.07, 6.45) is 2.60. The topological polar surface area (TPSA) is 24.5 Å². The minimum Gasteiger partial charge on any atom is -0.497 e. The molecule has 2 aromatic rings. The van der Waals surface area contributed by atoms with Gasteiger partial charge in [0.25, 0.3) is 0 Å². The first-order valence-corrected chi connectivity index (χ1v) is 8.94. The van der Waals surface area contributed by atoms with Crippen molar-refractivity contribution in [3.63, 3.8) is 0 Å². The van der Waals surface area contributed by atoms with Crippen LogP contribution in [0.4, 0.5) is 0 Å². The SMILES string of the molecule is COc1cccc(C(CNC(C)c2ccccc2)N2CCCC2)c1. The van der Waals surface area contributed by atoms with Crippen molar-refractivity contribution in [1.29, 1.82) is 0 Å². The quantitative estimate of drug-likeness (QED) is 0.827. The van der Waals surface area contributed by atoms with Crippen molar-refractivity contribution >= 4 is 0 Å². The fourth-order valence-electron chi connectivity index (χ4n) is 3.51. The number of methoxy groups -OCH3 is 1. The number of likely N-dealkylation sites (tertiary alicyclic amines) is 1. The highest BCUT2D eigenvalue weighted by Gasteiger charge is 2.24. The number of nitrogens with zero attached hydrogens (tertiary/aromatic N) is 1. The molecule has 0 spiro atoms. The number of benzene rings is 2. The fourth-order valence-corrected chi connectivity index (χ4v) is 3.51. The van der Waals surface area contributed by atoms with E-state index in [1.165, 1.54) is 37.1 Å². The smallest absolute Gasteiger partial charge is 0.119 e. The van der Waals surface area contributed by atoms with Crippen molar-refractivity contribution in [3.8, 4) is 5.75 Å². The third-order valence-corrected chi connectivity index (χ3v) is 4.98. The van der Waals surface area contributed by atoms with Gasteiger partial charge in [0.1, 0.15) is 5.75 Å².